The van der Waals surface area contributed by atoms with Gasteiger partial charge in [0.1, 0.15) is 0 Å². The van der Waals surface area contributed by atoms with Crippen LogP contribution in [0, 0.1) is 0 Å². The number of nitrogens with one attached hydrogen (secondary N) is 1. The molecule has 0 atom stereocenters. The first kappa shape index (κ1) is 27.1. The minimum absolute atomic E-state index is 0. The molecule has 4 rings (SSSR count). The number of rotatable bonds is 4. The van der Waals surface area contributed by atoms with E-state index < -0.39 is 27.1 Å². The van der Waals surface area contributed by atoms with Gasteiger partial charge in [0.25, 0.3) is 0 Å². The molecule has 0 unspecified atom stereocenters. The largest absolute Gasteiger partial charge is 1.00 e. The summed E-state index contributed by atoms with van der Waals surface area (Å²) < 4.78 is 4.07. The molecule has 1 aliphatic rings. The van der Waals surface area contributed by atoms with Crippen molar-refractivity contribution < 1.29 is 50.8 Å². The van der Waals surface area contributed by atoms with Crippen LogP contribution < -0.4 is 28.1 Å². The van der Waals surface area contributed by atoms with Crippen LogP contribution in [0.2, 0.25) is 13.1 Å². The van der Waals surface area contributed by atoms with E-state index in [0.717, 1.165) is 5.56 Å². The van der Waals surface area contributed by atoms with Crippen molar-refractivity contribution in [2.75, 3.05) is 0 Å². The molecule has 3 aromatic rings. The molecule has 0 heterocycles. The number of carbonyl (C=O) groups excluding carboxylic acids is 1. The molecule has 0 fully saturated rings. The van der Waals surface area contributed by atoms with E-state index in [9.17, 15) is 4.79 Å². The van der Waals surface area contributed by atoms with Crippen LogP contribution in [0.3, 0.4) is 0 Å². The van der Waals surface area contributed by atoms with Crippen molar-refractivity contribution >= 4 is 11.8 Å². The zero-order chi connectivity index (χ0) is 21.5. The quantitative estimate of drug-likeness (QED) is 0.447. The second-order valence-corrected chi connectivity index (χ2v) is 28.3. The van der Waals surface area contributed by atoms with Crippen LogP contribution in [0.1, 0.15) is 51.4 Å². The van der Waals surface area contributed by atoms with Gasteiger partial charge in [0.15, 0.2) is 0 Å². The van der Waals surface area contributed by atoms with Crippen molar-refractivity contribution in [2.24, 2.45) is 0 Å². The third-order valence-corrected chi connectivity index (χ3v) is 23.6. The molecule has 0 aliphatic heterocycles. The van der Waals surface area contributed by atoms with Gasteiger partial charge < -0.3 is 24.8 Å². The summed E-state index contributed by atoms with van der Waals surface area (Å²) in [5.74, 6) is -0.893. The molecule has 0 radical (unpaired) electrons. The van der Waals surface area contributed by atoms with Gasteiger partial charge in [0.2, 0.25) is 0 Å². The molecule has 0 bridgehead atoms. The Kier molecular flexibility index (Phi) is 9.15. The van der Waals surface area contributed by atoms with Crippen LogP contribution in [0.15, 0.2) is 72.8 Å². The maximum absolute atomic E-state index is 13.4. The van der Waals surface area contributed by atoms with Crippen LogP contribution in [-0.2, 0) is 26.6 Å². The van der Waals surface area contributed by atoms with E-state index in [1.165, 1.54) is 27.8 Å². The Hall–Kier alpha value is -1.19. The molecular weight excluding hydrogens is 533 g/mol. The van der Waals surface area contributed by atoms with Crippen LogP contribution >= 0.6 is 0 Å². The Morgan fingerprint density at radius 1 is 0.844 bits per heavy atom. The van der Waals surface area contributed by atoms with Crippen molar-refractivity contribution in [3.8, 4) is 11.1 Å². The summed E-state index contributed by atoms with van der Waals surface area (Å²) in [6.07, 6.45) is 0. The van der Waals surface area contributed by atoms with Crippen molar-refractivity contribution in [1.29, 1.82) is 0 Å². The second kappa shape index (κ2) is 10.8. The van der Waals surface area contributed by atoms with Gasteiger partial charge in [-0.05, 0) is 0 Å². The van der Waals surface area contributed by atoms with Gasteiger partial charge in [0, 0.05) is 0 Å². The van der Waals surface area contributed by atoms with Crippen LogP contribution in [0.25, 0.3) is 11.1 Å². The number of halogens is 2. The molecule has 0 aromatic heterocycles. The van der Waals surface area contributed by atoms with E-state index in [0.29, 0.717) is 3.63 Å². The standard InChI is InChI=1S/C13H9.C11H15NO.C2H7Si.2ClH.Zr/c1-3-7-12-10(5-1)9-11-6-2-4-8-13(11)12;1-11(2,3)9-6-4-5-8(7-9)10(12)13;1-3-2;;;/h1-9H;4-7H,1-3H3,(H2,12,13);3H,1-2H3;2*1H;/q;;;;;+3/p-3. The molecule has 6 heteroatoms. The smallest absolute Gasteiger partial charge is 1.00 e. The second-order valence-electron chi connectivity index (χ2n) is 9.50. The summed E-state index contributed by atoms with van der Waals surface area (Å²) in [6.45, 7) is 11.4. The van der Waals surface area contributed by atoms with Crippen molar-refractivity contribution in [1.82, 2.24) is 3.26 Å². The number of hydrogen-bond donors (Lipinski definition) is 1. The van der Waals surface area contributed by atoms with Gasteiger partial charge in [-0.25, -0.2) is 0 Å². The van der Waals surface area contributed by atoms with Gasteiger partial charge in [-0.3, -0.25) is 0 Å². The van der Waals surface area contributed by atoms with E-state index in [2.05, 4.69) is 97.8 Å². The molecule has 0 saturated heterocycles. The van der Waals surface area contributed by atoms with E-state index in [-0.39, 0.29) is 36.1 Å². The van der Waals surface area contributed by atoms with E-state index in [1.54, 1.807) is 0 Å². The molecule has 1 aliphatic carbocycles. The molecule has 0 spiro atoms. The molecule has 167 valence electrons. The predicted molar refractivity (Wildman–Crippen MR) is 125 cm³/mol. The number of benzene rings is 3. The number of carbonyl (C=O) groups is 1. The Balaban J connectivity index is 0.00000181. The average Bonchev–Trinajstić information content (AvgIpc) is 3.05. The summed E-state index contributed by atoms with van der Waals surface area (Å²) >= 11 is -2.30. The molecular formula is C26H30Cl2NOSiZr. The third kappa shape index (κ3) is 5.30. The fourth-order valence-electron chi connectivity index (χ4n) is 4.37. The molecule has 2 nitrogen and oxygen atoms in total. The predicted octanol–water partition coefficient (Wildman–Crippen LogP) is 0.00850. The summed E-state index contributed by atoms with van der Waals surface area (Å²) in [6, 6.07) is 25.8. The number of fused-ring (bicyclic) bond motifs is 3. The van der Waals surface area contributed by atoms with Crippen molar-refractivity contribution in [2.45, 2.75) is 42.9 Å². The first-order chi connectivity index (χ1) is 14.3. The van der Waals surface area contributed by atoms with Gasteiger partial charge in [-0.15, -0.1) is 0 Å². The summed E-state index contributed by atoms with van der Waals surface area (Å²) in [7, 11) is 0. The fourth-order valence-corrected chi connectivity index (χ4v) is 19.5. The zero-order valence-electron chi connectivity index (χ0n) is 19.2. The molecule has 3 aromatic carbocycles. The van der Waals surface area contributed by atoms with Crippen LogP contribution in [0.5, 0.6) is 0 Å². The van der Waals surface area contributed by atoms with Gasteiger partial charge >= 0.3 is 190 Å². The van der Waals surface area contributed by atoms with Gasteiger partial charge in [-0.1, -0.05) is 0 Å². The van der Waals surface area contributed by atoms with Crippen molar-refractivity contribution in [3.05, 3.63) is 95.1 Å². The average molecular weight is 563 g/mol. The van der Waals surface area contributed by atoms with Crippen molar-refractivity contribution in [3.63, 3.8) is 0 Å². The Bertz CT molecular complexity index is 1050. The molecule has 32 heavy (non-hydrogen) atoms. The first-order valence-electron chi connectivity index (χ1n) is 10.7. The summed E-state index contributed by atoms with van der Waals surface area (Å²) in [5, 5.41) is 0. The third-order valence-electron chi connectivity index (χ3n) is 6.02. The van der Waals surface area contributed by atoms with E-state index in [4.69, 9.17) is 0 Å². The normalized spacial score (nSPS) is 12.3. The van der Waals surface area contributed by atoms with E-state index >= 15 is 0 Å². The molecule has 1 N–H and O–H groups in total. The zero-order valence-corrected chi connectivity index (χ0v) is 24.4. The van der Waals surface area contributed by atoms with Gasteiger partial charge in [0.05, 0.1) is 0 Å². The fraction of sp³-hybridized carbons (Fsp3) is 0.269. The van der Waals surface area contributed by atoms with Crippen LogP contribution in [-0.4, -0.2) is 11.8 Å². The number of hydrogen-bond acceptors (Lipinski definition) is 1. The first-order valence-corrected chi connectivity index (χ1v) is 20.5. The Morgan fingerprint density at radius 2 is 1.38 bits per heavy atom. The Morgan fingerprint density at radius 3 is 1.88 bits per heavy atom. The molecule has 0 saturated carbocycles. The maximum Gasteiger partial charge on any atom is -1.00 e. The summed E-state index contributed by atoms with van der Waals surface area (Å²) in [5.41, 5.74) is 7.61. The Labute approximate surface area is 213 Å². The van der Waals surface area contributed by atoms with E-state index in [1.807, 2.05) is 12.1 Å². The minimum atomic E-state index is -2.30. The van der Waals surface area contributed by atoms with Crippen LogP contribution in [0.4, 0.5) is 0 Å². The summed E-state index contributed by atoms with van der Waals surface area (Å²) in [4.78, 5) is 13.4. The monoisotopic (exact) mass is 560 g/mol. The molecule has 1 amide bonds. The maximum atomic E-state index is 13.4. The SMILES string of the molecule is C[SiH](C)[Zr+2]([NH]C(=O)c1cccc(C(C)(C)C)c1)[CH]1c2ccccc2-c2ccccc21.[Cl-].[Cl-]. The minimum Gasteiger partial charge on any atom is -1.00 e. The topological polar surface area (TPSA) is 29.1 Å². The van der Waals surface area contributed by atoms with Gasteiger partial charge in [-0.2, -0.15) is 0 Å². The number of amides is 1.